The lowest BCUT2D eigenvalue weighted by Gasteiger charge is -2.09. The molecule has 1 aromatic heterocycles. The number of aromatic hydroxyl groups is 2. The summed E-state index contributed by atoms with van der Waals surface area (Å²) in [6.07, 6.45) is 0.106. The molecule has 2 heterocycles. The largest absolute Gasteiger partial charge is 0.502 e. The van der Waals surface area contributed by atoms with E-state index in [1.165, 1.54) is 7.11 Å². The first kappa shape index (κ1) is 14.0. The standard InChI is InChI=1S/C15H13NO6/c1-21-9-4-2-8(3-5-9)14-12(19)13(20)15(22-14)16-10(17)6-7-11(16)18/h2-5,19-20H,6-7H2,1H3. The first-order chi connectivity index (χ1) is 10.5. The molecule has 7 nitrogen and oxygen atoms in total. The molecule has 3 rings (SSSR count). The van der Waals surface area contributed by atoms with E-state index in [0.717, 1.165) is 4.90 Å². The van der Waals surface area contributed by atoms with Gasteiger partial charge in [0.15, 0.2) is 5.76 Å². The van der Waals surface area contributed by atoms with Crippen molar-refractivity contribution in [3.05, 3.63) is 24.3 Å². The number of amides is 2. The Morgan fingerprint density at radius 2 is 1.64 bits per heavy atom. The normalized spacial score (nSPS) is 14.7. The molecule has 0 radical (unpaired) electrons. The van der Waals surface area contributed by atoms with Crippen molar-refractivity contribution < 1.29 is 29.0 Å². The molecule has 1 aromatic carbocycles. The average Bonchev–Trinajstić information content (AvgIpc) is 3.00. The van der Waals surface area contributed by atoms with Gasteiger partial charge in [-0.25, -0.2) is 4.90 Å². The Morgan fingerprint density at radius 1 is 1.05 bits per heavy atom. The zero-order valence-corrected chi connectivity index (χ0v) is 11.7. The fourth-order valence-electron chi connectivity index (χ4n) is 2.29. The van der Waals surface area contributed by atoms with Crippen molar-refractivity contribution in [1.29, 1.82) is 0 Å². The Morgan fingerprint density at radius 3 is 2.18 bits per heavy atom. The second-order valence-corrected chi connectivity index (χ2v) is 4.78. The Hall–Kier alpha value is -2.96. The number of methoxy groups -OCH3 is 1. The SMILES string of the molecule is COc1ccc(-c2oc(N3C(=O)CCC3=O)c(O)c2O)cc1. The monoisotopic (exact) mass is 303 g/mol. The second-order valence-electron chi connectivity index (χ2n) is 4.78. The smallest absolute Gasteiger partial charge is 0.256 e. The maximum atomic E-state index is 11.7. The van der Waals surface area contributed by atoms with Gasteiger partial charge >= 0.3 is 0 Å². The van der Waals surface area contributed by atoms with Crippen LogP contribution in [-0.2, 0) is 9.59 Å². The molecular weight excluding hydrogens is 290 g/mol. The van der Waals surface area contributed by atoms with Gasteiger partial charge in [0.2, 0.25) is 23.3 Å². The Balaban J connectivity index is 2.05. The molecule has 2 amide bonds. The van der Waals surface area contributed by atoms with Gasteiger partial charge < -0.3 is 19.4 Å². The van der Waals surface area contributed by atoms with E-state index in [2.05, 4.69) is 0 Å². The fraction of sp³-hybridized carbons (Fsp3) is 0.200. The molecule has 2 aromatic rings. The number of anilines is 1. The van der Waals surface area contributed by atoms with Crippen LogP contribution in [0.2, 0.25) is 0 Å². The van der Waals surface area contributed by atoms with Gasteiger partial charge in [-0.15, -0.1) is 0 Å². The van der Waals surface area contributed by atoms with Crippen LogP contribution in [0.5, 0.6) is 17.2 Å². The van der Waals surface area contributed by atoms with Gasteiger partial charge in [-0.05, 0) is 24.3 Å². The predicted octanol–water partition coefficient (Wildman–Crippen LogP) is 2.02. The number of carbonyl (C=O) groups is 2. The quantitative estimate of drug-likeness (QED) is 0.841. The van der Waals surface area contributed by atoms with Crippen LogP contribution in [0.25, 0.3) is 11.3 Å². The summed E-state index contributed by atoms with van der Waals surface area (Å²) in [6.45, 7) is 0. The van der Waals surface area contributed by atoms with Crippen molar-refractivity contribution >= 4 is 17.7 Å². The zero-order chi connectivity index (χ0) is 15.9. The van der Waals surface area contributed by atoms with E-state index >= 15 is 0 Å². The molecule has 1 aliphatic heterocycles. The fourth-order valence-corrected chi connectivity index (χ4v) is 2.29. The summed E-state index contributed by atoms with van der Waals surface area (Å²) in [6, 6.07) is 6.54. The van der Waals surface area contributed by atoms with Crippen LogP contribution >= 0.6 is 0 Å². The third kappa shape index (κ3) is 2.07. The number of ether oxygens (including phenoxy) is 1. The number of imide groups is 1. The molecular formula is C15H13NO6. The van der Waals surface area contributed by atoms with Gasteiger partial charge in [-0.1, -0.05) is 0 Å². The van der Waals surface area contributed by atoms with E-state index in [1.807, 2.05) is 0 Å². The summed E-state index contributed by atoms with van der Waals surface area (Å²) in [5, 5.41) is 20.0. The maximum Gasteiger partial charge on any atom is 0.256 e. The molecule has 0 aliphatic carbocycles. The van der Waals surface area contributed by atoms with Crippen LogP contribution in [0.15, 0.2) is 28.7 Å². The van der Waals surface area contributed by atoms with Crippen molar-refractivity contribution in [3.8, 4) is 28.6 Å². The van der Waals surface area contributed by atoms with E-state index < -0.39 is 23.3 Å². The number of nitrogens with zero attached hydrogens (tertiary/aromatic N) is 1. The first-order valence-electron chi connectivity index (χ1n) is 6.58. The van der Waals surface area contributed by atoms with Crippen LogP contribution in [-0.4, -0.2) is 29.1 Å². The van der Waals surface area contributed by atoms with Crippen molar-refractivity contribution in [2.45, 2.75) is 12.8 Å². The van der Waals surface area contributed by atoms with Crippen LogP contribution in [0, 0.1) is 0 Å². The first-order valence-corrected chi connectivity index (χ1v) is 6.58. The lowest BCUT2D eigenvalue weighted by atomic mass is 10.1. The molecule has 0 saturated carbocycles. The molecule has 7 heteroatoms. The molecule has 114 valence electrons. The Labute approximate surface area is 125 Å². The molecule has 22 heavy (non-hydrogen) atoms. The Kier molecular flexibility index (Phi) is 3.25. The summed E-state index contributed by atoms with van der Waals surface area (Å²) < 4.78 is 10.4. The predicted molar refractivity (Wildman–Crippen MR) is 75.8 cm³/mol. The summed E-state index contributed by atoms with van der Waals surface area (Å²) in [5.41, 5.74) is 0.471. The van der Waals surface area contributed by atoms with E-state index in [-0.39, 0.29) is 24.5 Å². The van der Waals surface area contributed by atoms with Gasteiger partial charge in [0.1, 0.15) is 5.75 Å². The average molecular weight is 303 g/mol. The van der Waals surface area contributed by atoms with Crippen molar-refractivity contribution in [2.24, 2.45) is 0 Å². The highest BCUT2D eigenvalue weighted by molar-refractivity contribution is 6.20. The van der Waals surface area contributed by atoms with Crippen LogP contribution in [0.1, 0.15) is 12.8 Å². The van der Waals surface area contributed by atoms with Crippen LogP contribution < -0.4 is 9.64 Å². The van der Waals surface area contributed by atoms with Crippen LogP contribution in [0.3, 0.4) is 0 Å². The number of hydrogen-bond donors (Lipinski definition) is 2. The number of hydrogen-bond acceptors (Lipinski definition) is 6. The minimum atomic E-state index is -0.630. The highest BCUT2D eigenvalue weighted by Crippen LogP contribution is 2.47. The number of benzene rings is 1. The number of carbonyl (C=O) groups excluding carboxylic acids is 2. The van der Waals surface area contributed by atoms with Gasteiger partial charge in [0, 0.05) is 18.4 Å². The molecule has 1 aliphatic rings. The molecule has 0 unspecified atom stereocenters. The summed E-state index contributed by atoms with van der Waals surface area (Å²) in [7, 11) is 1.52. The van der Waals surface area contributed by atoms with Gasteiger partial charge in [-0.2, -0.15) is 0 Å². The van der Waals surface area contributed by atoms with Crippen LogP contribution in [0.4, 0.5) is 5.88 Å². The molecule has 0 bridgehead atoms. The third-order valence-corrected chi connectivity index (χ3v) is 3.45. The van der Waals surface area contributed by atoms with E-state index in [1.54, 1.807) is 24.3 Å². The zero-order valence-electron chi connectivity index (χ0n) is 11.7. The van der Waals surface area contributed by atoms with E-state index in [0.29, 0.717) is 11.3 Å². The van der Waals surface area contributed by atoms with E-state index in [9.17, 15) is 19.8 Å². The molecule has 1 fully saturated rings. The molecule has 0 atom stereocenters. The number of rotatable bonds is 3. The second kappa shape index (κ2) is 5.10. The molecule has 1 saturated heterocycles. The van der Waals surface area contributed by atoms with Crippen molar-refractivity contribution in [1.82, 2.24) is 0 Å². The minimum absolute atomic E-state index is 0.0253. The van der Waals surface area contributed by atoms with Crippen molar-refractivity contribution in [3.63, 3.8) is 0 Å². The lowest BCUT2D eigenvalue weighted by Crippen LogP contribution is -2.28. The highest BCUT2D eigenvalue weighted by Gasteiger charge is 2.37. The maximum absolute atomic E-state index is 11.7. The summed E-state index contributed by atoms with van der Waals surface area (Å²) >= 11 is 0. The molecule has 2 N–H and O–H groups in total. The third-order valence-electron chi connectivity index (χ3n) is 3.45. The van der Waals surface area contributed by atoms with Gasteiger partial charge in [0.25, 0.3) is 5.88 Å². The molecule has 0 spiro atoms. The topological polar surface area (TPSA) is 100 Å². The van der Waals surface area contributed by atoms with Gasteiger partial charge in [0.05, 0.1) is 7.11 Å². The highest BCUT2D eigenvalue weighted by atomic mass is 16.5. The summed E-state index contributed by atoms with van der Waals surface area (Å²) in [4.78, 5) is 24.2. The van der Waals surface area contributed by atoms with Gasteiger partial charge in [-0.3, -0.25) is 9.59 Å². The Bertz CT molecular complexity index is 730. The van der Waals surface area contributed by atoms with E-state index in [4.69, 9.17) is 9.15 Å². The number of furan rings is 1. The lowest BCUT2D eigenvalue weighted by molar-refractivity contribution is -0.121. The summed E-state index contributed by atoms with van der Waals surface area (Å²) in [5.74, 6) is -1.87. The minimum Gasteiger partial charge on any atom is -0.502 e. The van der Waals surface area contributed by atoms with Crippen molar-refractivity contribution in [2.75, 3.05) is 12.0 Å².